The van der Waals surface area contributed by atoms with E-state index < -0.39 is 0 Å². The highest BCUT2D eigenvalue weighted by Crippen LogP contribution is 2.22. The molecule has 5 nitrogen and oxygen atoms in total. The van der Waals surface area contributed by atoms with Gasteiger partial charge in [0.1, 0.15) is 5.75 Å². The first kappa shape index (κ1) is 14.3. The van der Waals surface area contributed by atoms with Gasteiger partial charge in [0.15, 0.2) is 5.82 Å². The maximum Gasteiger partial charge on any atom is 0.159 e. The fourth-order valence-electron chi connectivity index (χ4n) is 1.94. The van der Waals surface area contributed by atoms with Crippen LogP contribution in [-0.2, 0) is 6.42 Å². The highest BCUT2D eigenvalue weighted by Gasteiger charge is 2.07. The van der Waals surface area contributed by atoms with Crippen molar-refractivity contribution in [1.82, 2.24) is 9.97 Å². The molecule has 0 saturated heterocycles. The largest absolute Gasteiger partial charge is 0.508 e. The summed E-state index contributed by atoms with van der Waals surface area (Å²) in [5.74, 6) is 0.844. The van der Waals surface area contributed by atoms with E-state index in [1.54, 1.807) is 24.4 Å². The predicted octanol–water partition coefficient (Wildman–Crippen LogP) is 2.17. The van der Waals surface area contributed by atoms with Crippen LogP contribution in [0.1, 0.15) is 19.0 Å². The number of aryl methyl sites for hydroxylation is 1. The molecule has 5 heteroatoms. The summed E-state index contributed by atoms with van der Waals surface area (Å²) >= 11 is 0. The van der Waals surface area contributed by atoms with Gasteiger partial charge < -0.3 is 16.2 Å². The van der Waals surface area contributed by atoms with E-state index in [1.165, 1.54) is 0 Å². The van der Waals surface area contributed by atoms with Gasteiger partial charge in [-0.3, -0.25) is 0 Å². The molecule has 0 fully saturated rings. The number of aromatic hydroxyl groups is 1. The molecule has 1 aromatic heterocycles. The Labute approximate surface area is 118 Å². The zero-order valence-corrected chi connectivity index (χ0v) is 11.6. The third-order valence-electron chi connectivity index (χ3n) is 3.00. The van der Waals surface area contributed by atoms with Crippen molar-refractivity contribution in [2.45, 2.75) is 19.8 Å². The van der Waals surface area contributed by atoms with Gasteiger partial charge in [-0.15, -0.1) is 0 Å². The van der Waals surface area contributed by atoms with Crippen molar-refractivity contribution >= 4 is 5.69 Å². The van der Waals surface area contributed by atoms with Crippen molar-refractivity contribution in [1.29, 1.82) is 0 Å². The fourth-order valence-corrected chi connectivity index (χ4v) is 1.94. The maximum atomic E-state index is 9.52. The van der Waals surface area contributed by atoms with Gasteiger partial charge in [0, 0.05) is 12.1 Å². The quantitative estimate of drug-likeness (QED) is 0.702. The lowest BCUT2D eigenvalue weighted by molar-refractivity contribution is 0.475. The first-order valence-corrected chi connectivity index (χ1v) is 6.84. The normalized spacial score (nSPS) is 10.5. The molecule has 1 heterocycles. The third kappa shape index (κ3) is 3.45. The number of benzene rings is 1. The Hall–Kier alpha value is -2.14. The van der Waals surface area contributed by atoms with E-state index in [1.807, 2.05) is 6.07 Å². The Morgan fingerprint density at radius 2 is 2.20 bits per heavy atom. The molecule has 0 bridgehead atoms. The number of hydrogen-bond acceptors (Lipinski definition) is 5. The monoisotopic (exact) mass is 272 g/mol. The number of nitrogens with one attached hydrogen (secondary N) is 1. The highest BCUT2D eigenvalue weighted by molar-refractivity contribution is 5.59. The lowest BCUT2D eigenvalue weighted by Crippen LogP contribution is -2.11. The number of anilines is 1. The molecule has 20 heavy (non-hydrogen) atoms. The lowest BCUT2D eigenvalue weighted by Gasteiger charge is -2.11. The van der Waals surface area contributed by atoms with Gasteiger partial charge in [0.05, 0.1) is 17.6 Å². The van der Waals surface area contributed by atoms with Gasteiger partial charge in [-0.1, -0.05) is 19.1 Å². The van der Waals surface area contributed by atoms with E-state index in [4.69, 9.17) is 5.73 Å². The van der Waals surface area contributed by atoms with Gasteiger partial charge in [-0.2, -0.15) is 0 Å². The first-order chi connectivity index (χ1) is 9.74. The molecule has 0 aliphatic heterocycles. The average molecular weight is 272 g/mol. The molecular formula is C15H20N4O. The van der Waals surface area contributed by atoms with Crippen LogP contribution < -0.4 is 11.1 Å². The van der Waals surface area contributed by atoms with Crippen molar-refractivity contribution in [3.05, 3.63) is 36.2 Å². The molecule has 0 saturated carbocycles. The van der Waals surface area contributed by atoms with Gasteiger partial charge >= 0.3 is 0 Å². The summed E-state index contributed by atoms with van der Waals surface area (Å²) in [6.45, 7) is 3.54. The minimum absolute atomic E-state index is 0.217. The van der Waals surface area contributed by atoms with Gasteiger partial charge in [0.2, 0.25) is 0 Å². The highest BCUT2D eigenvalue weighted by atomic mass is 16.3. The Morgan fingerprint density at radius 3 is 2.90 bits per heavy atom. The minimum Gasteiger partial charge on any atom is -0.508 e. The summed E-state index contributed by atoms with van der Waals surface area (Å²) in [7, 11) is 0. The van der Waals surface area contributed by atoms with Crippen molar-refractivity contribution < 1.29 is 5.11 Å². The zero-order valence-electron chi connectivity index (χ0n) is 11.6. The van der Waals surface area contributed by atoms with Crippen LogP contribution in [0.4, 0.5) is 5.69 Å². The van der Waals surface area contributed by atoms with Crippen LogP contribution in [-0.4, -0.2) is 28.2 Å². The van der Waals surface area contributed by atoms with Gasteiger partial charge in [-0.25, -0.2) is 9.97 Å². The van der Waals surface area contributed by atoms with E-state index in [-0.39, 0.29) is 5.75 Å². The number of phenols is 1. The smallest absolute Gasteiger partial charge is 0.159 e. The van der Waals surface area contributed by atoms with Crippen LogP contribution in [0, 0.1) is 0 Å². The van der Waals surface area contributed by atoms with Crippen LogP contribution in [0.15, 0.2) is 30.5 Å². The summed E-state index contributed by atoms with van der Waals surface area (Å²) in [5.41, 5.74) is 8.21. The van der Waals surface area contributed by atoms with E-state index in [9.17, 15) is 5.11 Å². The van der Waals surface area contributed by atoms with Crippen molar-refractivity contribution in [2.24, 2.45) is 5.73 Å². The second kappa shape index (κ2) is 6.86. The van der Waals surface area contributed by atoms with Crippen molar-refractivity contribution in [3.8, 4) is 17.1 Å². The summed E-state index contributed by atoms with van der Waals surface area (Å²) in [6.07, 6.45) is 3.53. The standard InChI is InChI=1S/C15H20N4O/c1-2-13-14(17-8-4-7-16)10-18-15(19-13)11-5-3-6-12(20)9-11/h3,5-6,9-10,17,20H,2,4,7-8,16H2,1H3. The molecule has 4 N–H and O–H groups in total. The molecule has 0 amide bonds. The number of rotatable bonds is 6. The molecule has 106 valence electrons. The summed E-state index contributed by atoms with van der Waals surface area (Å²) < 4.78 is 0. The lowest BCUT2D eigenvalue weighted by atomic mass is 10.2. The van der Waals surface area contributed by atoms with Gasteiger partial charge in [-0.05, 0) is 31.5 Å². The van der Waals surface area contributed by atoms with E-state index in [0.29, 0.717) is 12.4 Å². The Balaban J connectivity index is 2.24. The van der Waals surface area contributed by atoms with Crippen LogP contribution in [0.2, 0.25) is 0 Å². The second-order valence-corrected chi connectivity index (χ2v) is 4.53. The summed E-state index contributed by atoms with van der Waals surface area (Å²) in [5, 5.41) is 12.8. The molecule has 0 aliphatic rings. The molecule has 2 rings (SSSR count). The van der Waals surface area contributed by atoms with Crippen LogP contribution in [0.25, 0.3) is 11.4 Å². The molecule has 0 unspecified atom stereocenters. The third-order valence-corrected chi connectivity index (χ3v) is 3.00. The van der Waals surface area contributed by atoms with Crippen LogP contribution in [0.5, 0.6) is 5.75 Å². The summed E-state index contributed by atoms with van der Waals surface area (Å²) in [4.78, 5) is 8.93. The number of nitrogens with two attached hydrogens (primary N) is 1. The summed E-state index contributed by atoms with van der Waals surface area (Å²) in [6, 6.07) is 6.96. The average Bonchev–Trinajstić information content (AvgIpc) is 2.47. The fraction of sp³-hybridized carbons (Fsp3) is 0.333. The molecule has 2 aromatic rings. The zero-order chi connectivity index (χ0) is 14.4. The molecular weight excluding hydrogens is 252 g/mol. The van der Waals surface area contributed by atoms with E-state index in [0.717, 1.165) is 36.3 Å². The number of nitrogens with zero attached hydrogens (tertiary/aromatic N) is 2. The Kier molecular flexibility index (Phi) is 4.90. The molecule has 0 spiro atoms. The molecule has 1 aromatic carbocycles. The van der Waals surface area contributed by atoms with Crippen molar-refractivity contribution in [2.75, 3.05) is 18.4 Å². The Morgan fingerprint density at radius 1 is 1.35 bits per heavy atom. The molecule has 0 atom stereocenters. The van der Waals surface area contributed by atoms with Crippen LogP contribution in [0.3, 0.4) is 0 Å². The van der Waals surface area contributed by atoms with Gasteiger partial charge in [0.25, 0.3) is 0 Å². The van der Waals surface area contributed by atoms with E-state index >= 15 is 0 Å². The van der Waals surface area contributed by atoms with Crippen LogP contribution >= 0.6 is 0 Å². The second-order valence-electron chi connectivity index (χ2n) is 4.53. The first-order valence-electron chi connectivity index (χ1n) is 6.84. The Bertz CT molecular complexity index is 572. The molecule has 0 radical (unpaired) electrons. The molecule has 0 aliphatic carbocycles. The topological polar surface area (TPSA) is 84.1 Å². The number of hydrogen-bond donors (Lipinski definition) is 3. The minimum atomic E-state index is 0.217. The predicted molar refractivity (Wildman–Crippen MR) is 80.7 cm³/mol. The number of phenolic OH excluding ortho intramolecular Hbond substituents is 1. The number of aromatic nitrogens is 2. The maximum absolute atomic E-state index is 9.52. The van der Waals surface area contributed by atoms with E-state index in [2.05, 4.69) is 22.2 Å². The SMILES string of the molecule is CCc1nc(-c2cccc(O)c2)ncc1NCCCN. The van der Waals surface area contributed by atoms with Crippen molar-refractivity contribution in [3.63, 3.8) is 0 Å².